The molecule has 0 aliphatic heterocycles. The van der Waals surface area contributed by atoms with E-state index in [0.717, 1.165) is 0 Å². The molecule has 0 amide bonds. The van der Waals surface area contributed by atoms with Crippen LogP contribution in [0.15, 0.2) is 36.6 Å². The molecular formula is C7H9IO2. The highest BCUT2D eigenvalue weighted by molar-refractivity contribution is 14.1. The van der Waals surface area contributed by atoms with Gasteiger partial charge in [-0.1, -0.05) is 18.7 Å². The summed E-state index contributed by atoms with van der Waals surface area (Å²) < 4.78 is 4.85. The van der Waals surface area contributed by atoms with Gasteiger partial charge in [0.2, 0.25) is 0 Å². The maximum absolute atomic E-state index is 8.38. The van der Waals surface area contributed by atoms with Gasteiger partial charge in [0.1, 0.15) is 5.76 Å². The van der Waals surface area contributed by atoms with Crippen molar-refractivity contribution in [3.05, 3.63) is 36.6 Å². The van der Waals surface area contributed by atoms with E-state index in [0.29, 0.717) is 5.76 Å². The zero-order chi connectivity index (χ0) is 7.82. The van der Waals surface area contributed by atoms with E-state index in [4.69, 9.17) is 8.17 Å². The van der Waals surface area contributed by atoms with Gasteiger partial charge in [-0.25, -0.2) is 0 Å². The van der Waals surface area contributed by atoms with E-state index < -0.39 is 0 Å². The van der Waals surface area contributed by atoms with Crippen molar-refractivity contribution in [2.45, 2.75) is 0 Å². The van der Waals surface area contributed by atoms with Crippen molar-refractivity contribution in [2.24, 2.45) is 0 Å². The Morgan fingerprint density at radius 1 is 1.70 bits per heavy atom. The van der Waals surface area contributed by atoms with Crippen LogP contribution >= 0.6 is 23.0 Å². The molecule has 0 bridgehead atoms. The number of hydrogen-bond donors (Lipinski definition) is 1. The Hall–Kier alpha value is -0.290. The fourth-order valence-electron chi connectivity index (χ4n) is 0.392. The fraction of sp³-hybridized carbons (Fsp3) is 0.143. The molecule has 0 radical (unpaired) electrons. The Labute approximate surface area is 74.6 Å². The zero-order valence-electron chi connectivity index (χ0n) is 5.46. The van der Waals surface area contributed by atoms with E-state index in [2.05, 4.69) is 6.58 Å². The first-order chi connectivity index (χ1) is 4.85. The zero-order valence-corrected chi connectivity index (χ0v) is 7.61. The molecule has 56 valence electrons. The molecule has 0 saturated heterocycles. The Kier molecular flexibility index (Phi) is 6.63. The Morgan fingerprint density at radius 2 is 2.40 bits per heavy atom. The quantitative estimate of drug-likeness (QED) is 0.471. The van der Waals surface area contributed by atoms with Gasteiger partial charge in [0, 0.05) is 0 Å². The lowest BCUT2D eigenvalue weighted by atomic mass is 10.4. The van der Waals surface area contributed by atoms with Crippen molar-refractivity contribution < 1.29 is 8.17 Å². The van der Waals surface area contributed by atoms with E-state index in [1.807, 2.05) is 0 Å². The summed E-state index contributed by atoms with van der Waals surface area (Å²) in [5.74, 6) is 0.671. The average Bonchev–Trinajstić information content (AvgIpc) is 1.98. The predicted molar refractivity (Wildman–Crippen MR) is 49.6 cm³/mol. The summed E-state index contributed by atoms with van der Waals surface area (Å²) >= 11 is 1.76. The number of hydrogen-bond acceptors (Lipinski definition) is 2. The molecule has 3 heteroatoms. The van der Waals surface area contributed by atoms with E-state index in [-0.39, 0.29) is 6.61 Å². The average molecular weight is 252 g/mol. The minimum absolute atomic E-state index is 0.0223. The van der Waals surface area contributed by atoms with Crippen LogP contribution in [0.4, 0.5) is 0 Å². The summed E-state index contributed by atoms with van der Waals surface area (Å²) in [7, 11) is 0. The molecule has 0 heterocycles. The Morgan fingerprint density at radius 3 is 2.80 bits per heavy atom. The van der Waals surface area contributed by atoms with Gasteiger partial charge in [0.15, 0.2) is 23.0 Å². The van der Waals surface area contributed by atoms with Crippen molar-refractivity contribution in [3.63, 3.8) is 0 Å². The SMILES string of the molecule is C=C/C=C(\C=C/CO)OI. The molecule has 10 heavy (non-hydrogen) atoms. The molecule has 0 aromatic carbocycles. The highest BCUT2D eigenvalue weighted by Gasteiger charge is 1.84. The molecule has 0 aromatic heterocycles. The van der Waals surface area contributed by atoms with Gasteiger partial charge in [0.25, 0.3) is 0 Å². The van der Waals surface area contributed by atoms with E-state index in [9.17, 15) is 0 Å². The van der Waals surface area contributed by atoms with Crippen molar-refractivity contribution in [1.29, 1.82) is 0 Å². The Bertz CT molecular complexity index is 150. The number of allylic oxidation sites excluding steroid dienone is 3. The largest absolute Gasteiger partial charge is 0.428 e. The van der Waals surface area contributed by atoms with Crippen molar-refractivity contribution >= 4 is 23.0 Å². The van der Waals surface area contributed by atoms with Crippen LogP contribution in [0.1, 0.15) is 0 Å². The molecule has 0 aliphatic carbocycles. The molecule has 2 nitrogen and oxygen atoms in total. The van der Waals surface area contributed by atoms with Crippen LogP contribution in [0.3, 0.4) is 0 Å². The van der Waals surface area contributed by atoms with Gasteiger partial charge in [0.05, 0.1) is 6.61 Å². The molecule has 1 N–H and O–H groups in total. The number of rotatable bonds is 4. The number of aliphatic hydroxyl groups excluding tert-OH is 1. The van der Waals surface area contributed by atoms with Crippen LogP contribution in [0, 0.1) is 0 Å². The van der Waals surface area contributed by atoms with Gasteiger partial charge in [-0.05, 0) is 12.2 Å². The smallest absolute Gasteiger partial charge is 0.192 e. The van der Waals surface area contributed by atoms with Gasteiger partial charge in [-0.2, -0.15) is 0 Å². The summed E-state index contributed by atoms with van der Waals surface area (Å²) in [6, 6.07) is 0. The molecule has 0 atom stereocenters. The van der Waals surface area contributed by atoms with Crippen molar-refractivity contribution in [2.75, 3.05) is 6.61 Å². The molecule has 0 aromatic rings. The van der Waals surface area contributed by atoms with Crippen molar-refractivity contribution in [1.82, 2.24) is 0 Å². The van der Waals surface area contributed by atoms with Crippen LogP contribution in [-0.2, 0) is 3.07 Å². The highest BCUT2D eigenvalue weighted by Crippen LogP contribution is 2.04. The summed E-state index contributed by atoms with van der Waals surface area (Å²) in [5, 5.41) is 8.38. The Balaban J connectivity index is 3.94. The number of aliphatic hydroxyl groups is 1. The summed E-state index contributed by atoms with van der Waals surface area (Å²) in [6.07, 6.45) is 6.59. The van der Waals surface area contributed by atoms with Gasteiger partial charge >= 0.3 is 0 Å². The minimum atomic E-state index is 0.0223. The summed E-state index contributed by atoms with van der Waals surface area (Å²) in [4.78, 5) is 0. The second-order valence-electron chi connectivity index (χ2n) is 1.47. The molecule has 0 rings (SSSR count). The summed E-state index contributed by atoms with van der Waals surface area (Å²) in [6.45, 7) is 3.52. The lowest BCUT2D eigenvalue weighted by Crippen LogP contribution is -1.76. The lowest BCUT2D eigenvalue weighted by molar-refractivity contribution is 0.342. The van der Waals surface area contributed by atoms with Crippen LogP contribution in [0.5, 0.6) is 0 Å². The maximum Gasteiger partial charge on any atom is 0.192 e. The first-order valence-electron chi connectivity index (χ1n) is 2.74. The summed E-state index contributed by atoms with van der Waals surface area (Å²) in [5.41, 5.74) is 0. The first-order valence-corrected chi connectivity index (χ1v) is 3.62. The van der Waals surface area contributed by atoms with Gasteiger partial charge in [-0.15, -0.1) is 0 Å². The van der Waals surface area contributed by atoms with Crippen LogP contribution < -0.4 is 0 Å². The third-order valence-corrected chi connectivity index (χ3v) is 1.27. The highest BCUT2D eigenvalue weighted by atomic mass is 127. The predicted octanol–water partition coefficient (Wildman–Crippen LogP) is 1.97. The maximum atomic E-state index is 8.38. The third kappa shape index (κ3) is 4.58. The molecule has 0 aliphatic rings. The molecular weight excluding hydrogens is 243 g/mol. The fourth-order valence-corrected chi connectivity index (χ4v) is 0.686. The second-order valence-corrected chi connectivity index (χ2v) is 1.91. The second kappa shape index (κ2) is 6.82. The topological polar surface area (TPSA) is 29.5 Å². The normalized spacial score (nSPS) is 12.0. The van der Waals surface area contributed by atoms with Crippen molar-refractivity contribution in [3.8, 4) is 0 Å². The molecule has 0 saturated carbocycles. The lowest BCUT2D eigenvalue weighted by Gasteiger charge is -1.92. The first kappa shape index (κ1) is 9.71. The molecule has 0 spiro atoms. The monoisotopic (exact) mass is 252 g/mol. The van der Waals surface area contributed by atoms with E-state index in [1.165, 1.54) is 0 Å². The van der Waals surface area contributed by atoms with E-state index >= 15 is 0 Å². The van der Waals surface area contributed by atoms with Gasteiger partial charge < -0.3 is 8.17 Å². The van der Waals surface area contributed by atoms with Gasteiger partial charge in [-0.3, -0.25) is 0 Å². The molecule has 0 fully saturated rings. The third-order valence-electron chi connectivity index (χ3n) is 0.759. The minimum Gasteiger partial charge on any atom is -0.428 e. The van der Waals surface area contributed by atoms with Crippen LogP contribution in [0.2, 0.25) is 0 Å². The van der Waals surface area contributed by atoms with E-state index in [1.54, 1.807) is 47.3 Å². The standard InChI is InChI=1S/C7H9IO2/c1-2-4-7(10-8)5-3-6-9/h2-5,9H,1,6H2/b5-3-,7-4+. The number of halogens is 1. The molecule has 0 unspecified atom stereocenters. The van der Waals surface area contributed by atoms with Crippen LogP contribution in [-0.4, -0.2) is 11.7 Å². The van der Waals surface area contributed by atoms with Crippen LogP contribution in [0.25, 0.3) is 0 Å².